The van der Waals surface area contributed by atoms with Crippen molar-refractivity contribution in [3.63, 3.8) is 0 Å². The fraction of sp³-hybridized carbons (Fsp3) is 0.357. The Bertz CT molecular complexity index is 576. The molecule has 6 nitrogen and oxygen atoms in total. The Morgan fingerprint density at radius 1 is 1.19 bits per heavy atom. The quantitative estimate of drug-likeness (QED) is 0.637. The van der Waals surface area contributed by atoms with Gasteiger partial charge in [-0.3, -0.25) is 0 Å². The van der Waals surface area contributed by atoms with Gasteiger partial charge in [0, 0.05) is 11.6 Å². The number of ether oxygens (including phenoxy) is 1. The number of fused-ring (bicyclic) bond motifs is 1. The van der Waals surface area contributed by atoms with Crippen molar-refractivity contribution in [1.29, 1.82) is 0 Å². The van der Waals surface area contributed by atoms with E-state index in [1.54, 1.807) is 12.1 Å². The molecule has 1 heterocycles. The highest BCUT2D eigenvalue weighted by molar-refractivity contribution is 6.58. The van der Waals surface area contributed by atoms with E-state index in [-0.39, 0.29) is 5.82 Å². The van der Waals surface area contributed by atoms with Crippen LogP contribution in [-0.4, -0.2) is 40.2 Å². The molecule has 0 aliphatic carbocycles. The molecule has 0 aliphatic rings. The van der Waals surface area contributed by atoms with Gasteiger partial charge in [-0.2, -0.15) is 0 Å². The number of hydrogen-bond donors (Lipinski definition) is 2. The van der Waals surface area contributed by atoms with Crippen molar-refractivity contribution < 1.29 is 19.6 Å². The summed E-state index contributed by atoms with van der Waals surface area (Å²) in [6.07, 6.45) is 1.47. The number of carbonyl (C=O) groups is 1. The first-order chi connectivity index (χ1) is 10.1. The molecule has 0 saturated heterocycles. The molecule has 0 radical (unpaired) electrons. The lowest BCUT2D eigenvalue weighted by Crippen LogP contribution is -2.29. The van der Waals surface area contributed by atoms with Gasteiger partial charge < -0.3 is 14.8 Å². The first kappa shape index (κ1) is 19.0. The lowest BCUT2D eigenvalue weighted by molar-refractivity contribution is 0.0587. The molecule has 1 aromatic heterocycles. The minimum Gasteiger partial charge on any atom is -0.463 e. The van der Waals surface area contributed by atoms with Gasteiger partial charge >= 0.3 is 13.1 Å². The van der Waals surface area contributed by atoms with Gasteiger partial charge in [0.2, 0.25) is 5.82 Å². The van der Waals surface area contributed by atoms with Crippen molar-refractivity contribution in [2.45, 2.75) is 27.7 Å². The van der Waals surface area contributed by atoms with Crippen LogP contribution < -0.4 is 5.46 Å². The topological polar surface area (TPSA) is 92.5 Å². The highest BCUT2D eigenvalue weighted by atomic mass is 16.5. The van der Waals surface area contributed by atoms with E-state index in [1.165, 1.54) is 19.4 Å². The molecular formula is C14H21BN2O4. The zero-order valence-electron chi connectivity index (χ0n) is 13.0. The van der Waals surface area contributed by atoms with Crippen LogP contribution in [0.1, 0.15) is 38.3 Å². The molecule has 0 spiro atoms. The fourth-order valence-electron chi connectivity index (χ4n) is 1.39. The summed E-state index contributed by atoms with van der Waals surface area (Å²) in [5.74, 6) is -0.702. The van der Waals surface area contributed by atoms with Crippen molar-refractivity contribution >= 4 is 29.5 Å². The Morgan fingerprint density at radius 2 is 1.81 bits per heavy atom. The molecule has 0 amide bonds. The SMILES string of the molecule is CC.CC.COC(=O)c1ncc2ccc(B(O)O)cc2n1. The molecular weight excluding hydrogens is 271 g/mol. The average molecular weight is 292 g/mol. The van der Waals surface area contributed by atoms with Crippen LogP contribution in [0.15, 0.2) is 24.4 Å². The van der Waals surface area contributed by atoms with Crippen LogP contribution in [0.5, 0.6) is 0 Å². The summed E-state index contributed by atoms with van der Waals surface area (Å²) < 4.78 is 4.50. The summed E-state index contributed by atoms with van der Waals surface area (Å²) in [6.45, 7) is 8.00. The first-order valence-electron chi connectivity index (χ1n) is 6.83. The number of nitrogens with zero attached hydrogens (tertiary/aromatic N) is 2. The lowest BCUT2D eigenvalue weighted by atomic mass is 9.80. The molecule has 0 bridgehead atoms. The second kappa shape index (κ2) is 9.85. The van der Waals surface area contributed by atoms with Gasteiger partial charge in [-0.1, -0.05) is 39.8 Å². The van der Waals surface area contributed by atoms with Gasteiger partial charge in [0.05, 0.1) is 12.6 Å². The normalized spacial score (nSPS) is 8.90. The minimum absolute atomic E-state index is 0.0652. The molecule has 7 heteroatoms. The van der Waals surface area contributed by atoms with Gasteiger partial charge in [0.15, 0.2) is 0 Å². The van der Waals surface area contributed by atoms with Crippen LogP contribution >= 0.6 is 0 Å². The van der Waals surface area contributed by atoms with E-state index in [2.05, 4.69) is 14.7 Å². The molecule has 0 atom stereocenters. The molecule has 2 aromatic rings. The molecule has 21 heavy (non-hydrogen) atoms. The zero-order valence-corrected chi connectivity index (χ0v) is 13.0. The Balaban J connectivity index is 0.000000921. The maximum atomic E-state index is 11.2. The van der Waals surface area contributed by atoms with Crippen LogP contribution in [0.25, 0.3) is 10.9 Å². The molecule has 2 rings (SSSR count). The van der Waals surface area contributed by atoms with Gasteiger partial charge in [0.1, 0.15) is 0 Å². The monoisotopic (exact) mass is 292 g/mol. The number of aromatic nitrogens is 2. The summed E-state index contributed by atoms with van der Waals surface area (Å²) >= 11 is 0. The van der Waals surface area contributed by atoms with Crippen LogP contribution in [0.3, 0.4) is 0 Å². The fourth-order valence-corrected chi connectivity index (χ4v) is 1.39. The van der Waals surface area contributed by atoms with Gasteiger partial charge in [-0.05, 0) is 11.5 Å². The third-order valence-corrected chi connectivity index (χ3v) is 2.27. The van der Waals surface area contributed by atoms with E-state index in [0.717, 1.165) is 0 Å². The van der Waals surface area contributed by atoms with Crippen LogP contribution in [0.4, 0.5) is 0 Å². The highest BCUT2D eigenvalue weighted by Gasteiger charge is 2.13. The van der Waals surface area contributed by atoms with E-state index < -0.39 is 13.1 Å². The summed E-state index contributed by atoms with van der Waals surface area (Å²) in [6, 6.07) is 4.67. The predicted octanol–water partition coefficient (Wildman–Crippen LogP) is 1.15. The van der Waals surface area contributed by atoms with Crippen molar-refractivity contribution in [3.05, 3.63) is 30.2 Å². The van der Waals surface area contributed by atoms with Crippen molar-refractivity contribution in [1.82, 2.24) is 9.97 Å². The maximum Gasteiger partial charge on any atom is 0.488 e. The van der Waals surface area contributed by atoms with Crippen molar-refractivity contribution in [2.75, 3.05) is 7.11 Å². The van der Waals surface area contributed by atoms with Crippen LogP contribution in [0.2, 0.25) is 0 Å². The number of methoxy groups -OCH3 is 1. The predicted molar refractivity (Wildman–Crippen MR) is 83.4 cm³/mol. The number of benzene rings is 1. The third kappa shape index (κ3) is 5.13. The van der Waals surface area contributed by atoms with E-state index >= 15 is 0 Å². The second-order valence-corrected chi connectivity index (χ2v) is 3.38. The molecule has 0 fully saturated rings. The van der Waals surface area contributed by atoms with E-state index in [4.69, 9.17) is 10.0 Å². The van der Waals surface area contributed by atoms with Gasteiger partial charge in [-0.15, -0.1) is 0 Å². The van der Waals surface area contributed by atoms with Crippen LogP contribution in [-0.2, 0) is 4.74 Å². The second-order valence-electron chi connectivity index (χ2n) is 3.38. The highest BCUT2D eigenvalue weighted by Crippen LogP contribution is 2.09. The largest absolute Gasteiger partial charge is 0.488 e. The lowest BCUT2D eigenvalue weighted by Gasteiger charge is -2.03. The zero-order chi connectivity index (χ0) is 16.4. The summed E-state index contributed by atoms with van der Waals surface area (Å²) in [5.41, 5.74) is 0.748. The third-order valence-electron chi connectivity index (χ3n) is 2.27. The Morgan fingerprint density at radius 3 is 2.33 bits per heavy atom. The Hall–Kier alpha value is -1.99. The standard InChI is InChI=1S/C10H9BN2O4.2C2H6/c1-17-10(14)9-12-5-6-2-3-7(11(15)16)4-8(6)13-9;2*1-2/h2-5,15-16H,1H3;2*1-2H3. The summed E-state index contributed by atoms with van der Waals surface area (Å²) in [4.78, 5) is 19.1. The first-order valence-corrected chi connectivity index (χ1v) is 6.83. The van der Waals surface area contributed by atoms with E-state index in [1.807, 2.05) is 27.7 Å². The Labute approximate surface area is 125 Å². The molecule has 2 N–H and O–H groups in total. The molecule has 0 saturated carbocycles. The van der Waals surface area contributed by atoms with Crippen molar-refractivity contribution in [3.8, 4) is 0 Å². The number of carbonyl (C=O) groups excluding carboxylic acids is 1. The van der Waals surface area contributed by atoms with E-state index in [0.29, 0.717) is 16.4 Å². The van der Waals surface area contributed by atoms with Gasteiger partial charge in [0.25, 0.3) is 0 Å². The number of esters is 1. The minimum atomic E-state index is -1.57. The molecule has 1 aromatic carbocycles. The van der Waals surface area contributed by atoms with Crippen molar-refractivity contribution in [2.24, 2.45) is 0 Å². The maximum absolute atomic E-state index is 11.2. The van der Waals surface area contributed by atoms with E-state index in [9.17, 15) is 4.79 Å². The molecule has 0 unspecified atom stereocenters. The molecule has 0 aliphatic heterocycles. The number of hydrogen-bond acceptors (Lipinski definition) is 6. The number of rotatable bonds is 2. The smallest absolute Gasteiger partial charge is 0.463 e. The van der Waals surface area contributed by atoms with Gasteiger partial charge in [-0.25, -0.2) is 14.8 Å². The summed E-state index contributed by atoms with van der Waals surface area (Å²) in [5, 5.41) is 18.8. The summed E-state index contributed by atoms with van der Waals surface area (Å²) in [7, 11) is -0.333. The van der Waals surface area contributed by atoms with Crippen LogP contribution in [0, 0.1) is 0 Å². The molecule has 114 valence electrons. The average Bonchev–Trinajstić information content (AvgIpc) is 2.56. The Kier molecular flexibility index (Phi) is 8.92.